The Bertz CT molecular complexity index is 544. The molecule has 3 rings (SSSR count). The number of rotatable bonds is 4. The predicted molar refractivity (Wildman–Crippen MR) is 79.6 cm³/mol. The first-order valence-electron chi connectivity index (χ1n) is 6.92. The molecule has 2 amide bonds. The molecule has 2 saturated carbocycles. The standard InChI is InChI=1S/C13H19N5O2.ClH/c14-10(19)6-18-5-9(4-16-18)17-13(20)11-7-1-2-8(3-7)12(11)15;/h4-5,7-8,11-12H,1-3,6,15H2,(H2,14,19)(H,17,20);1H. The molecule has 0 spiro atoms. The van der Waals surface area contributed by atoms with E-state index in [9.17, 15) is 9.59 Å². The van der Waals surface area contributed by atoms with Gasteiger partial charge in [-0.2, -0.15) is 5.10 Å². The quantitative estimate of drug-likeness (QED) is 0.731. The summed E-state index contributed by atoms with van der Waals surface area (Å²) in [6, 6.07) is -0.0329. The van der Waals surface area contributed by atoms with Crippen molar-refractivity contribution in [3.8, 4) is 0 Å². The van der Waals surface area contributed by atoms with Crippen LogP contribution in [0.2, 0.25) is 0 Å². The number of aromatic nitrogens is 2. The molecule has 21 heavy (non-hydrogen) atoms. The number of amides is 2. The smallest absolute Gasteiger partial charge is 0.239 e. The minimum atomic E-state index is -0.471. The Kier molecular flexibility index (Phi) is 4.53. The lowest BCUT2D eigenvalue weighted by Crippen LogP contribution is -2.42. The Morgan fingerprint density at radius 3 is 2.71 bits per heavy atom. The molecule has 4 atom stereocenters. The van der Waals surface area contributed by atoms with Gasteiger partial charge in [-0.3, -0.25) is 14.3 Å². The molecule has 2 bridgehead atoms. The fourth-order valence-electron chi connectivity index (χ4n) is 3.62. The zero-order valence-electron chi connectivity index (χ0n) is 11.6. The average Bonchev–Trinajstić information content (AvgIpc) is 3.04. The number of nitrogens with zero attached hydrogens (tertiary/aromatic N) is 2. The molecule has 1 heterocycles. The predicted octanol–water partition coefficient (Wildman–Crippen LogP) is 0.102. The Labute approximate surface area is 128 Å². The van der Waals surface area contributed by atoms with E-state index in [0.717, 1.165) is 19.3 Å². The summed E-state index contributed by atoms with van der Waals surface area (Å²) in [5.74, 6) is 0.293. The van der Waals surface area contributed by atoms with Gasteiger partial charge in [-0.05, 0) is 31.1 Å². The highest BCUT2D eigenvalue weighted by Gasteiger charge is 2.49. The molecule has 8 heteroatoms. The number of carbonyl (C=O) groups excluding carboxylic acids is 2. The molecule has 4 unspecified atom stereocenters. The van der Waals surface area contributed by atoms with Crippen LogP contribution in [0.1, 0.15) is 19.3 Å². The number of hydrogen-bond donors (Lipinski definition) is 3. The van der Waals surface area contributed by atoms with Gasteiger partial charge in [0.1, 0.15) is 6.54 Å². The van der Waals surface area contributed by atoms with Crippen LogP contribution < -0.4 is 16.8 Å². The van der Waals surface area contributed by atoms with Crippen LogP contribution in [0.15, 0.2) is 12.4 Å². The van der Waals surface area contributed by atoms with Crippen molar-refractivity contribution in [2.45, 2.75) is 31.8 Å². The summed E-state index contributed by atoms with van der Waals surface area (Å²) >= 11 is 0. The third kappa shape index (κ3) is 3.03. The van der Waals surface area contributed by atoms with Crippen LogP contribution in [-0.4, -0.2) is 27.6 Å². The zero-order valence-corrected chi connectivity index (χ0v) is 12.4. The van der Waals surface area contributed by atoms with Crippen molar-refractivity contribution in [1.82, 2.24) is 9.78 Å². The Hall–Kier alpha value is -1.60. The van der Waals surface area contributed by atoms with E-state index >= 15 is 0 Å². The van der Waals surface area contributed by atoms with E-state index in [4.69, 9.17) is 11.5 Å². The molecular formula is C13H20ClN5O2. The molecule has 2 aliphatic carbocycles. The third-order valence-corrected chi connectivity index (χ3v) is 4.50. The maximum Gasteiger partial charge on any atom is 0.239 e. The summed E-state index contributed by atoms with van der Waals surface area (Å²) in [6.07, 6.45) is 6.42. The van der Waals surface area contributed by atoms with Gasteiger partial charge in [0.15, 0.2) is 0 Å². The molecule has 0 radical (unpaired) electrons. The second-order valence-electron chi connectivity index (χ2n) is 5.82. The van der Waals surface area contributed by atoms with Gasteiger partial charge in [-0.1, -0.05) is 0 Å². The van der Waals surface area contributed by atoms with Crippen LogP contribution in [0.4, 0.5) is 5.69 Å². The van der Waals surface area contributed by atoms with E-state index in [1.54, 1.807) is 6.20 Å². The highest BCUT2D eigenvalue weighted by molar-refractivity contribution is 5.93. The summed E-state index contributed by atoms with van der Waals surface area (Å²) in [5.41, 5.74) is 11.8. The zero-order chi connectivity index (χ0) is 14.3. The third-order valence-electron chi connectivity index (χ3n) is 4.50. The highest BCUT2D eigenvalue weighted by Crippen LogP contribution is 2.47. The van der Waals surface area contributed by atoms with Gasteiger partial charge in [0.05, 0.1) is 17.8 Å². The lowest BCUT2D eigenvalue weighted by atomic mass is 9.84. The van der Waals surface area contributed by atoms with E-state index in [1.807, 2.05) is 0 Å². The first-order chi connectivity index (χ1) is 9.54. The van der Waals surface area contributed by atoms with Crippen LogP contribution in [0, 0.1) is 17.8 Å². The van der Waals surface area contributed by atoms with Crippen molar-refractivity contribution in [1.29, 1.82) is 0 Å². The van der Waals surface area contributed by atoms with Crippen LogP contribution in [0.3, 0.4) is 0 Å². The topological polar surface area (TPSA) is 116 Å². The van der Waals surface area contributed by atoms with Gasteiger partial charge < -0.3 is 16.8 Å². The monoisotopic (exact) mass is 313 g/mol. The highest BCUT2D eigenvalue weighted by atomic mass is 35.5. The van der Waals surface area contributed by atoms with E-state index in [-0.39, 0.29) is 36.8 Å². The maximum absolute atomic E-state index is 12.3. The first kappa shape index (κ1) is 15.8. The van der Waals surface area contributed by atoms with Crippen molar-refractivity contribution in [2.24, 2.45) is 29.2 Å². The summed E-state index contributed by atoms with van der Waals surface area (Å²) in [5, 5.41) is 6.81. The molecule has 1 aromatic rings. The second-order valence-corrected chi connectivity index (χ2v) is 5.82. The number of anilines is 1. The maximum atomic E-state index is 12.3. The van der Waals surface area contributed by atoms with Crippen LogP contribution >= 0.6 is 12.4 Å². The first-order valence-corrected chi connectivity index (χ1v) is 6.92. The van der Waals surface area contributed by atoms with Crippen LogP contribution in [0.5, 0.6) is 0 Å². The number of fused-ring (bicyclic) bond motifs is 2. The SMILES string of the molecule is Cl.NC(=O)Cn1cc(NC(=O)C2C3CCC(C3)C2N)cn1. The van der Waals surface area contributed by atoms with Crippen molar-refractivity contribution in [2.75, 3.05) is 5.32 Å². The van der Waals surface area contributed by atoms with Gasteiger partial charge >= 0.3 is 0 Å². The minimum absolute atomic E-state index is 0. The number of carbonyl (C=O) groups is 2. The summed E-state index contributed by atoms with van der Waals surface area (Å²) in [7, 11) is 0. The van der Waals surface area contributed by atoms with Crippen LogP contribution in [-0.2, 0) is 16.1 Å². The van der Waals surface area contributed by atoms with E-state index in [1.165, 1.54) is 10.9 Å². The fourth-order valence-corrected chi connectivity index (χ4v) is 3.62. The van der Waals surface area contributed by atoms with Gasteiger partial charge in [0.25, 0.3) is 0 Å². The molecule has 1 aromatic heterocycles. The summed E-state index contributed by atoms with van der Waals surface area (Å²) < 4.78 is 1.40. The Morgan fingerprint density at radius 2 is 2.10 bits per heavy atom. The van der Waals surface area contributed by atoms with Gasteiger partial charge in [0, 0.05) is 12.2 Å². The number of halogens is 1. The fraction of sp³-hybridized carbons (Fsp3) is 0.615. The van der Waals surface area contributed by atoms with E-state index < -0.39 is 5.91 Å². The summed E-state index contributed by atoms with van der Waals surface area (Å²) in [6.45, 7) is 0.00348. The molecule has 0 aliphatic heterocycles. The van der Waals surface area contributed by atoms with E-state index in [0.29, 0.717) is 17.5 Å². The molecule has 0 aromatic carbocycles. The van der Waals surface area contributed by atoms with Crippen molar-refractivity contribution >= 4 is 29.9 Å². The largest absolute Gasteiger partial charge is 0.368 e. The Morgan fingerprint density at radius 1 is 1.38 bits per heavy atom. The number of nitrogens with one attached hydrogen (secondary N) is 1. The Balaban J connectivity index is 0.00000161. The second kappa shape index (κ2) is 6.03. The van der Waals surface area contributed by atoms with Crippen molar-refractivity contribution < 1.29 is 9.59 Å². The van der Waals surface area contributed by atoms with Gasteiger partial charge in [-0.25, -0.2) is 0 Å². The molecule has 2 aliphatic rings. The van der Waals surface area contributed by atoms with Crippen molar-refractivity contribution in [3.05, 3.63) is 12.4 Å². The van der Waals surface area contributed by atoms with Crippen molar-refractivity contribution in [3.63, 3.8) is 0 Å². The lowest BCUT2D eigenvalue weighted by Gasteiger charge is -2.26. The van der Waals surface area contributed by atoms with Gasteiger partial charge in [-0.15, -0.1) is 12.4 Å². The van der Waals surface area contributed by atoms with E-state index in [2.05, 4.69) is 10.4 Å². The average molecular weight is 314 g/mol. The molecule has 2 fully saturated rings. The molecular weight excluding hydrogens is 294 g/mol. The number of hydrogen-bond acceptors (Lipinski definition) is 4. The normalized spacial score (nSPS) is 30.0. The number of primary amides is 1. The van der Waals surface area contributed by atoms with Crippen LogP contribution in [0.25, 0.3) is 0 Å². The van der Waals surface area contributed by atoms with Gasteiger partial charge in [0.2, 0.25) is 11.8 Å². The molecule has 5 N–H and O–H groups in total. The molecule has 7 nitrogen and oxygen atoms in total. The number of nitrogens with two attached hydrogens (primary N) is 2. The lowest BCUT2D eigenvalue weighted by molar-refractivity contribution is -0.122. The summed E-state index contributed by atoms with van der Waals surface area (Å²) in [4.78, 5) is 23.1. The molecule has 0 saturated heterocycles. The molecule has 116 valence electrons. The minimum Gasteiger partial charge on any atom is -0.368 e.